The molecule has 4 rings (SSSR count). The van der Waals surface area contributed by atoms with Crippen molar-refractivity contribution in [1.29, 1.82) is 5.26 Å². The Kier molecular flexibility index (Phi) is 5.51. The van der Waals surface area contributed by atoms with Crippen LogP contribution in [0.4, 0.5) is 5.69 Å². The Labute approximate surface area is 180 Å². The average molecular weight is 427 g/mol. The van der Waals surface area contributed by atoms with Gasteiger partial charge in [-0.15, -0.1) is 11.3 Å². The molecule has 2 aromatic heterocycles. The molecule has 0 unspecified atom stereocenters. The fourth-order valence-electron chi connectivity index (χ4n) is 2.90. The van der Waals surface area contributed by atoms with Gasteiger partial charge in [-0.05, 0) is 23.8 Å². The first kappa shape index (κ1) is 19.9. The van der Waals surface area contributed by atoms with E-state index in [0.29, 0.717) is 21.7 Å². The molecule has 0 aliphatic heterocycles. The number of non-ortho nitro benzene ring substituents is 1. The minimum Gasteiger partial charge on any atom is -0.422 e. The monoisotopic (exact) mass is 427 g/mol. The summed E-state index contributed by atoms with van der Waals surface area (Å²) in [6, 6.07) is 17.3. The first-order valence-corrected chi connectivity index (χ1v) is 9.95. The Hall–Kier alpha value is -4.35. The van der Waals surface area contributed by atoms with Crippen molar-refractivity contribution in [3.8, 4) is 17.3 Å². The van der Waals surface area contributed by atoms with Crippen molar-refractivity contribution in [1.82, 2.24) is 4.98 Å². The number of rotatable bonds is 5. The van der Waals surface area contributed by atoms with Crippen LogP contribution in [0, 0.1) is 21.4 Å². The van der Waals surface area contributed by atoms with E-state index in [1.165, 1.54) is 35.6 Å². The molecular weight excluding hydrogens is 414 g/mol. The van der Waals surface area contributed by atoms with Gasteiger partial charge in [-0.3, -0.25) is 10.1 Å². The first-order chi connectivity index (χ1) is 15.0. The number of nitriles is 1. The summed E-state index contributed by atoms with van der Waals surface area (Å²) < 4.78 is 5.29. The number of hydrogen-bond acceptors (Lipinski definition) is 7. The minimum atomic E-state index is -0.607. The van der Waals surface area contributed by atoms with E-state index in [1.807, 2.05) is 36.4 Å². The maximum Gasteiger partial charge on any atom is 0.345 e. The Bertz CT molecular complexity index is 1440. The second-order valence-electron chi connectivity index (χ2n) is 6.43. The van der Waals surface area contributed by atoms with Crippen LogP contribution in [0.5, 0.6) is 0 Å². The number of thiazole rings is 1. The normalized spacial score (nSPS) is 11.6. The highest BCUT2D eigenvalue weighted by Crippen LogP contribution is 2.27. The topological polar surface area (TPSA) is 110 Å². The highest BCUT2D eigenvalue weighted by molar-refractivity contribution is 7.11. The number of allylic oxidation sites excluding steroid dienone is 3. The quantitative estimate of drug-likeness (QED) is 0.138. The van der Waals surface area contributed by atoms with Gasteiger partial charge >= 0.3 is 5.63 Å². The fourth-order valence-corrected chi connectivity index (χ4v) is 3.69. The van der Waals surface area contributed by atoms with Gasteiger partial charge in [0.25, 0.3) is 5.69 Å². The third-order valence-electron chi connectivity index (χ3n) is 4.41. The molecule has 0 amide bonds. The van der Waals surface area contributed by atoms with E-state index in [9.17, 15) is 20.2 Å². The van der Waals surface area contributed by atoms with E-state index in [2.05, 4.69) is 11.1 Å². The second-order valence-corrected chi connectivity index (χ2v) is 7.28. The first-order valence-electron chi connectivity index (χ1n) is 9.07. The Morgan fingerprint density at radius 3 is 2.74 bits per heavy atom. The fraction of sp³-hybridized carbons (Fsp3) is 0. The Balaban J connectivity index is 1.68. The number of benzene rings is 2. The van der Waals surface area contributed by atoms with Crippen molar-refractivity contribution in [3.05, 3.63) is 103 Å². The number of aromatic nitrogens is 1. The Morgan fingerprint density at radius 2 is 2.00 bits per heavy atom. The molecule has 0 aliphatic carbocycles. The summed E-state index contributed by atoms with van der Waals surface area (Å²) in [5.74, 6) is 0. The molecule has 0 N–H and O–H groups in total. The average Bonchev–Trinajstić information content (AvgIpc) is 3.26. The van der Waals surface area contributed by atoms with Crippen LogP contribution in [0.25, 0.3) is 33.9 Å². The summed E-state index contributed by atoms with van der Waals surface area (Å²) in [6.07, 6.45) is 5.29. The lowest BCUT2D eigenvalue weighted by atomic mass is 10.1. The number of nitrogens with zero attached hydrogens (tertiary/aromatic N) is 3. The van der Waals surface area contributed by atoms with Crippen LogP contribution in [0.3, 0.4) is 0 Å². The number of hydrogen-bond donors (Lipinski definition) is 0. The molecule has 0 fully saturated rings. The minimum absolute atomic E-state index is 0.105. The summed E-state index contributed by atoms with van der Waals surface area (Å²) in [5.41, 5.74) is 1.40. The van der Waals surface area contributed by atoms with Crippen LogP contribution < -0.4 is 5.63 Å². The summed E-state index contributed by atoms with van der Waals surface area (Å²) >= 11 is 1.22. The van der Waals surface area contributed by atoms with Gasteiger partial charge < -0.3 is 4.42 Å². The van der Waals surface area contributed by atoms with Gasteiger partial charge in [-0.1, -0.05) is 42.5 Å². The summed E-state index contributed by atoms with van der Waals surface area (Å²) in [6.45, 7) is 0. The molecule has 8 heteroatoms. The predicted octanol–water partition coefficient (Wildman–Crippen LogP) is 5.45. The molecule has 0 radical (unpaired) electrons. The lowest BCUT2D eigenvalue weighted by molar-refractivity contribution is -0.384. The molecule has 2 heterocycles. The van der Waals surface area contributed by atoms with Crippen molar-refractivity contribution in [3.63, 3.8) is 0 Å². The zero-order chi connectivity index (χ0) is 21.8. The van der Waals surface area contributed by atoms with Gasteiger partial charge in [0.1, 0.15) is 16.7 Å². The molecule has 0 aliphatic rings. The van der Waals surface area contributed by atoms with Crippen LogP contribution in [0.1, 0.15) is 10.6 Å². The van der Waals surface area contributed by atoms with Crippen LogP contribution in [0.2, 0.25) is 0 Å². The summed E-state index contributed by atoms with van der Waals surface area (Å²) in [5, 5.41) is 23.0. The van der Waals surface area contributed by atoms with E-state index < -0.39 is 10.5 Å². The number of nitro groups is 1. The van der Waals surface area contributed by atoms with Gasteiger partial charge in [-0.25, -0.2) is 9.78 Å². The molecule has 4 aromatic rings. The van der Waals surface area contributed by atoms with Gasteiger partial charge in [0, 0.05) is 22.9 Å². The lowest BCUT2D eigenvalue weighted by Gasteiger charge is -2.00. The maximum absolute atomic E-state index is 12.4. The van der Waals surface area contributed by atoms with Crippen molar-refractivity contribution in [2.75, 3.05) is 0 Å². The van der Waals surface area contributed by atoms with E-state index in [1.54, 1.807) is 17.5 Å². The molecule has 2 aromatic carbocycles. The van der Waals surface area contributed by atoms with Gasteiger partial charge in [0.05, 0.1) is 21.8 Å². The molecule has 0 spiro atoms. The zero-order valence-electron chi connectivity index (χ0n) is 15.9. The van der Waals surface area contributed by atoms with E-state index in [-0.39, 0.29) is 16.8 Å². The van der Waals surface area contributed by atoms with Crippen LogP contribution in [-0.4, -0.2) is 9.91 Å². The van der Waals surface area contributed by atoms with Crippen LogP contribution >= 0.6 is 11.3 Å². The van der Waals surface area contributed by atoms with Crippen LogP contribution in [0.15, 0.2) is 81.3 Å². The van der Waals surface area contributed by atoms with E-state index in [0.717, 1.165) is 5.56 Å². The van der Waals surface area contributed by atoms with Gasteiger partial charge in [0.15, 0.2) is 0 Å². The molecule has 0 saturated carbocycles. The molecule has 0 atom stereocenters. The molecule has 7 nitrogen and oxygen atoms in total. The third-order valence-corrected chi connectivity index (χ3v) is 5.28. The molecule has 0 saturated heterocycles. The second kappa shape index (κ2) is 8.57. The van der Waals surface area contributed by atoms with E-state index >= 15 is 0 Å². The summed E-state index contributed by atoms with van der Waals surface area (Å²) in [4.78, 5) is 27.3. The van der Waals surface area contributed by atoms with Crippen LogP contribution in [-0.2, 0) is 0 Å². The zero-order valence-corrected chi connectivity index (χ0v) is 16.7. The highest BCUT2D eigenvalue weighted by atomic mass is 32.1. The number of nitro benzene ring substituents is 1. The SMILES string of the molecule is N#C/C(=C\C=C\c1ccccc1)c1nc(-c2cc3cc([N+](=O)[O-])ccc3oc2=O)cs1. The van der Waals surface area contributed by atoms with Crippen molar-refractivity contribution in [2.24, 2.45) is 0 Å². The predicted molar refractivity (Wildman–Crippen MR) is 119 cm³/mol. The molecule has 0 bridgehead atoms. The van der Waals surface area contributed by atoms with Crippen molar-refractivity contribution in [2.45, 2.75) is 0 Å². The van der Waals surface area contributed by atoms with E-state index in [4.69, 9.17) is 4.42 Å². The molecular formula is C23H13N3O4S. The lowest BCUT2D eigenvalue weighted by Crippen LogP contribution is -2.03. The molecule has 31 heavy (non-hydrogen) atoms. The van der Waals surface area contributed by atoms with Crippen molar-refractivity contribution >= 4 is 39.6 Å². The third kappa shape index (κ3) is 4.32. The van der Waals surface area contributed by atoms with Gasteiger partial charge in [-0.2, -0.15) is 5.26 Å². The number of fused-ring (bicyclic) bond motifs is 1. The summed E-state index contributed by atoms with van der Waals surface area (Å²) in [7, 11) is 0. The Morgan fingerprint density at radius 1 is 1.19 bits per heavy atom. The standard InChI is InChI=1S/C23H13N3O4S/c24-13-16(8-4-7-15-5-2-1-3-6-15)22-25-20(14-31-22)19-12-17-11-18(26(28)29)9-10-21(17)30-23(19)27/h1-12,14H/b7-4+,16-8+. The maximum atomic E-state index is 12.4. The van der Waals surface area contributed by atoms with Crippen molar-refractivity contribution < 1.29 is 9.34 Å². The smallest absolute Gasteiger partial charge is 0.345 e. The molecule has 150 valence electrons. The highest BCUT2D eigenvalue weighted by Gasteiger charge is 2.15. The van der Waals surface area contributed by atoms with Gasteiger partial charge in [0.2, 0.25) is 0 Å². The largest absolute Gasteiger partial charge is 0.422 e.